The summed E-state index contributed by atoms with van der Waals surface area (Å²) >= 11 is 0. The molecule has 2 N–H and O–H groups in total. The van der Waals surface area contributed by atoms with Crippen molar-refractivity contribution in [1.29, 1.82) is 0 Å². The minimum absolute atomic E-state index is 0.116. The van der Waals surface area contributed by atoms with Gasteiger partial charge in [-0.25, -0.2) is 9.97 Å². The summed E-state index contributed by atoms with van der Waals surface area (Å²) in [6, 6.07) is 8.43. The minimum Gasteiger partial charge on any atom is -0.494 e. The zero-order valence-corrected chi connectivity index (χ0v) is 18.7. The molecule has 1 saturated heterocycles. The average molecular weight is 435 g/mol. The van der Waals surface area contributed by atoms with Crippen LogP contribution in [0.4, 0.5) is 0 Å². The van der Waals surface area contributed by atoms with E-state index in [1.807, 2.05) is 30.8 Å². The van der Waals surface area contributed by atoms with E-state index in [4.69, 9.17) is 10.5 Å². The Hall–Kier alpha value is -3.26. The van der Waals surface area contributed by atoms with Gasteiger partial charge < -0.3 is 10.5 Å². The quantitative estimate of drug-likeness (QED) is 0.584. The third kappa shape index (κ3) is 4.96. The summed E-state index contributed by atoms with van der Waals surface area (Å²) in [5.41, 5.74) is 8.76. The van der Waals surface area contributed by atoms with Crippen molar-refractivity contribution in [3.63, 3.8) is 0 Å². The lowest BCUT2D eigenvalue weighted by Gasteiger charge is -2.35. The number of hydrogen-bond donors (Lipinski definition) is 1. The largest absolute Gasteiger partial charge is 0.494 e. The maximum atomic E-state index is 11.5. The second-order valence-electron chi connectivity index (χ2n) is 8.15. The predicted molar refractivity (Wildman–Crippen MR) is 121 cm³/mol. The van der Waals surface area contributed by atoms with E-state index in [9.17, 15) is 4.79 Å². The molecule has 168 valence electrons. The lowest BCUT2D eigenvalue weighted by molar-refractivity contribution is 0.0998. The molecule has 1 amide bonds. The monoisotopic (exact) mass is 434 g/mol. The molecule has 3 heterocycles. The Morgan fingerprint density at radius 2 is 2.16 bits per heavy atom. The standard InChI is InChI=1S/C24H30N6O2/c1-3-32-22-9-8-18(13-19(22)16-30-12-6-10-27-30)15-29-11-5-4-7-21(29)24-26-14-20(23(25)31)17(2)28-24/h6,8-10,12-14,21H,3-5,7,11,15-16H2,1-2H3,(H2,25,31). The summed E-state index contributed by atoms with van der Waals surface area (Å²) < 4.78 is 7.76. The molecule has 4 rings (SSSR count). The van der Waals surface area contributed by atoms with Crippen LogP contribution in [0, 0.1) is 6.92 Å². The number of nitrogens with zero attached hydrogens (tertiary/aromatic N) is 5. The fourth-order valence-corrected chi connectivity index (χ4v) is 4.31. The van der Waals surface area contributed by atoms with E-state index in [2.05, 4.69) is 38.2 Å². The molecule has 32 heavy (non-hydrogen) atoms. The molecule has 8 nitrogen and oxygen atoms in total. The Morgan fingerprint density at radius 1 is 1.28 bits per heavy atom. The third-order valence-corrected chi connectivity index (χ3v) is 5.88. The third-order valence-electron chi connectivity index (χ3n) is 5.88. The molecular formula is C24H30N6O2. The smallest absolute Gasteiger partial charge is 0.252 e. The number of primary amides is 1. The lowest BCUT2D eigenvalue weighted by atomic mass is 9.99. The van der Waals surface area contributed by atoms with Crippen LogP contribution in [0.1, 0.15) is 65.2 Å². The Morgan fingerprint density at radius 3 is 2.88 bits per heavy atom. The van der Waals surface area contributed by atoms with Gasteiger partial charge in [-0.3, -0.25) is 14.4 Å². The first-order chi connectivity index (χ1) is 15.5. The Kier molecular flexibility index (Phi) is 6.80. The van der Waals surface area contributed by atoms with Crippen LogP contribution >= 0.6 is 0 Å². The highest BCUT2D eigenvalue weighted by atomic mass is 16.5. The number of carbonyl (C=O) groups is 1. The first-order valence-corrected chi connectivity index (χ1v) is 11.1. The molecule has 8 heteroatoms. The number of aromatic nitrogens is 4. The molecule has 0 saturated carbocycles. The van der Waals surface area contributed by atoms with Crippen molar-refractivity contribution < 1.29 is 9.53 Å². The van der Waals surface area contributed by atoms with Gasteiger partial charge in [0.05, 0.1) is 30.5 Å². The molecule has 3 aromatic rings. The summed E-state index contributed by atoms with van der Waals surface area (Å²) in [4.78, 5) is 23.1. The summed E-state index contributed by atoms with van der Waals surface area (Å²) in [7, 11) is 0. The van der Waals surface area contributed by atoms with Crippen LogP contribution in [-0.2, 0) is 13.1 Å². The van der Waals surface area contributed by atoms with Crippen LogP contribution in [0.15, 0.2) is 42.9 Å². The molecule has 1 aromatic carbocycles. The van der Waals surface area contributed by atoms with Gasteiger partial charge in [-0.15, -0.1) is 0 Å². The predicted octanol–water partition coefficient (Wildman–Crippen LogP) is 3.25. The van der Waals surface area contributed by atoms with Crippen molar-refractivity contribution in [2.24, 2.45) is 5.73 Å². The van der Waals surface area contributed by atoms with Gasteiger partial charge in [0.25, 0.3) is 5.91 Å². The number of ether oxygens (including phenoxy) is 1. The molecular weight excluding hydrogens is 404 g/mol. The molecule has 0 radical (unpaired) electrons. The zero-order valence-electron chi connectivity index (χ0n) is 18.7. The highest BCUT2D eigenvalue weighted by Gasteiger charge is 2.27. The molecule has 1 fully saturated rings. The lowest BCUT2D eigenvalue weighted by Crippen LogP contribution is -2.34. The number of rotatable bonds is 8. The average Bonchev–Trinajstić information content (AvgIpc) is 3.29. The number of piperidine rings is 1. The van der Waals surface area contributed by atoms with E-state index in [0.29, 0.717) is 24.4 Å². The Labute approximate surface area is 188 Å². The van der Waals surface area contributed by atoms with Crippen LogP contribution in [0.2, 0.25) is 0 Å². The van der Waals surface area contributed by atoms with Crippen molar-refractivity contribution in [1.82, 2.24) is 24.6 Å². The number of amides is 1. The molecule has 0 spiro atoms. The zero-order chi connectivity index (χ0) is 22.5. The normalized spacial score (nSPS) is 16.8. The number of hydrogen-bond acceptors (Lipinski definition) is 6. The van der Waals surface area contributed by atoms with E-state index in [-0.39, 0.29) is 6.04 Å². The second-order valence-corrected chi connectivity index (χ2v) is 8.15. The van der Waals surface area contributed by atoms with Crippen molar-refractivity contribution in [2.75, 3.05) is 13.2 Å². The summed E-state index contributed by atoms with van der Waals surface area (Å²) in [5.74, 6) is 1.16. The second kappa shape index (κ2) is 9.91. The van der Waals surface area contributed by atoms with Gasteiger partial charge in [0.15, 0.2) is 0 Å². The fraction of sp³-hybridized carbons (Fsp3) is 0.417. The van der Waals surface area contributed by atoms with Crippen molar-refractivity contribution in [3.8, 4) is 5.75 Å². The van der Waals surface area contributed by atoms with Crippen molar-refractivity contribution in [3.05, 3.63) is 71.1 Å². The van der Waals surface area contributed by atoms with Crippen LogP contribution < -0.4 is 10.5 Å². The number of likely N-dealkylation sites (tertiary alicyclic amines) is 1. The summed E-state index contributed by atoms with van der Waals surface area (Å²) in [5, 5.41) is 4.34. The maximum absolute atomic E-state index is 11.5. The van der Waals surface area contributed by atoms with Crippen molar-refractivity contribution in [2.45, 2.75) is 52.2 Å². The first kappa shape index (κ1) is 22.0. The Bertz CT molecular complexity index is 1070. The number of aryl methyl sites for hydroxylation is 1. The van der Waals surface area contributed by atoms with Gasteiger partial charge in [0.1, 0.15) is 11.6 Å². The van der Waals surface area contributed by atoms with E-state index in [1.54, 1.807) is 12.4 Å². The van der Waals surface area contributed by atoms with Gasteiger partial charge in [0, 0.05) is 30.7 Å². The Balaban J connectivity index is 1.57. The molecule has 1 aliphatic rings. The van der Waals surface area contributed by atoms with Crippen LogP contribution in [0.25, 0.3) is 0 Å². The highest BCUT2D eigenvalue weighted by molar-refractivity contribution is 5.93. The van der Waals surface area contributed by atoms with Gasteiger partial charge in [-0.05, 0) is 57.0 Å². The molecule has 2 aromatic heterocycles. The highest BCUT2D eigenvalue weighted by Crippen LogP contribution is 2.31. The van der Waals surface area contributed by atoms with E-state index >= 15 is 0 Å². The number of benzene rings is 1. The van der Waals surface area contributed by atoms with Crippen LogP contribution in [0.3, 0.4) is 0 Å². The molecule has 0 bridgehead atoms. The summed E-state index contributed by atoms with van der Waals surface area (Å²) in [6.45, 7) is 6.87. The van der Waals surface area contributed by atoms with Crippen LogP contribution in [-0.4, -0.2) is 43.7 Å². The summed E-state index contributed by atoms with van der Waals surface area (Å²) in [6.07, 6.45) is 8.58. The topological polar surface area (TPSA) is 99.2 Å². The van der Waals surface area contributed by atoms with Gasteiger partial charge >= 0.3 is 0 Å². The maximum Gasteiger partial charge on any atom is 0.252 e. The molecule has 0 aliphatic carbocycles. The SMILES string of the molecule is CCOc1ccc(CN2CCCCC2c2ncc(C(N)=O)c(C)n2)cc1Cn1cccn1. The van der Waals surface area contributed by atoms with Gasteiger partial charge in [0.2, 0.25) is 0 Å². The van der Waals surface area contributed by atoms with Gasteiger partial charge in [-0.1, -0.05) is 12.5 Å². The van der Waals surface area contributed by atoms with E-state index in [0.717, 1.165) is 49.5 Å². The molecule has 1 atom stereocenters. The minimum atomic E-state index is -0.492. The molecule has 1 aliphatic heterocycles. The van der Waals surface area contributed by atoms with E-state index < -0.39 is 5.91 Å². The van der Waals surface area contributed by atoms with E-state index in [1.165, 1.54) is 5.56 Å². The molecule has 1 unspecified atom stereocenters. The number of nitrogens with two attached hydrogens (primary N) is 1. The first-order valence-electron chi connectivity index (χ1n) is 11.1. The number of carbonyl (C=O) groups excluding carboxylic acids is 1. The fourth-order valence-electron chi connectivity index (χ4n) is 4.31. The van der Waals surface area contributed by atoms with Crippen molar-refractivity contribution >= 4 is 5.91 Å². The van der Waals surface area contributed by atoms with Crippen LogP contribution in [0.5, 0.6) is 5.75 Å². The van der Waals surface area contributed by atoms with Gasteiger partial charge in [-0.2, -0.15) is 5.10 Å².